The third kappa shape index (κ3) is 3.72. The first-order valence-corrected chi connectivity index (χ1v) is 15.6. The molecule has 1 aliphatic carbocycles. The van der Waals surface area contributed by atoms with Crippen molar-refractivity contribution in [3.05, 3.63) is 186 Å². The number of fused-ring (bicyclic) bond motifs is 6. The van der Waals surface area contributed by atoms with Crippen LogP contribution in [0.1, 0.15) is 22.3 Å². The Labute approximate surface area is 266 Å². The highest BCUT2D eigenvalue weighted by Gasteiger charge is 2.46. The van der Waals surface area contributed by atoms with Crippen LogP contribution in [0.25, 0.3) is 49.7 Å². The maximum Gasteiger partial charge on any atom is 0.115 e. The van der Waals surface area contributed by atoms with Crippen LogP contribution in [0.2, 0.25) is 0 Å². The van der Waals surface area contributed by atoms with E-state index in [-0.39, 0.29) is 11.5 Å². The zero-order chi connectivity index (χ0) is 30.8. The maximum absolute atomic E-state index is 10.3. The predicted molar refractivity (Wildman–Crippen MR) is 187 cm³/mol. The Morgan fingerprint density at radius 1 is 0.413 bits per heavy atom. The molecule has 1 aliphatic rings. The average Bonchev–Trinajstić information content (AvgIpc) is 3.60. The van der Waals surface area contributed by atoms with Gasteiger partial charge in [0.15, 0.2) is 0 Å². The summed E-state index contributed by atoms with van der Waals surface area (Å²) in [5.41, 5.74) is 11.9. The third-order valence-corrected chi connectivity index (χ3v) is 9.66. The van der Waals surface area contributed by atoms with Crippen LogP contribution in [-0.2, 0) is 5.41 Å². The smallest absolute Gasteiger partial charge is 0.115 e. The zero-order valence-corrected chi connectivity index (χ0v) is 24.9. The highest BCUT2D eigenvalue weighted by molar-refractivity contribution is 6.09. The van der Waals surface area contributed by atoms with Crippen LogP contribution in [0.5, 0.6) is 11.5 Å². The van der Waals surface area contributed by atoms with Crippen LogP contribution >= 0.6 is 0 Å². The molecule has 8 aromatic rings. The molecule has 0 atom stereocenters. The van der Waals surface area contributed by atoms with Gasteiger partial charge in [-0.1, -0.05) is 109 Å². The minimum absolute atomic E-state index is 0.228. The Hall–Kier alpha value is -6.06. The van der Waals surface area contributed by atoms with E-state index in [1.54, 1.807) is 24.3 Å². The SMILES string of the molecule is Oc1ccc(C2(c3ccc(O)cc3)c3ccccc3-c3ccc(-c4cccc(-n5c6ccccc6c6ccccc65)c4)cc32)cc1. The molecule has 46 heavy (non-hydrogen) atoms. The molecule has 1 aromatic heterocycles. The summed E-state index contributed by atoms with van der Waals surface area (Å²) in [5.74, 6) is 0.457. The lowest BCUT2D eigenvalue weighted by molar-refractivity contribution is 0.475. The summed E-state index contributed by atoms with van der Waals surface area (Å²) in [6, 6.07) is 56.5. The number of hydrogen-bond donors (Lipinski definition) is 2. The van der Waals surface area contributed by atoms with Gasteiger partial charge in [0, 0.05) is 16.5 Å². The van der Waals surface area contributed by atoms with Crippen molar-refractivity contribution in [2.24, 2.45) is 0 Å². The second kappa shape index (κ2) is 9.98. The van der Waals surface area contributed by atoms with Crippen molar-refractivity contribution in [2.45, 2.75) is 5.41 Å². The topological polar surface area (TPSA) is 45.4 Å². The molecule has 0 radical (unpaired) electrons. The van der Waals surface area contributed by atoms with E-state index in [2.05, 4.69) is 120 Å². The molecule has 0 saturated carbocycles. The van der Waals surface area contributed by atoms with Gasteiger partial charge in [-0.2, -0.15) is 0 Å². The molecule has 3 heteroatoms. The van der Waals surface area contributed by atoms with Gasteiger partial charge in [0.25, 0.3) is 0 Å². The van der Waals surface area contributed by atoms with Gasteiger partial charge in [-0.05, 0) is 99.1 Å². The zero-order valence-electron chi connectivity index (χ0n) is 24.9. The molecule has 2 N–H and O–H groups in total. The fourth-order valence-electron chi connectivity index (χ4n) is 7.70. The predicted octanol–water partition coefficient (Wildman–Crippen LogP) is 10.2. The van der Waals surface area contributed by atoms with Crippen molar-refractivity contribution >= 4 is 21.8 Å². The summed E-state index contributed by atoms with van der Waals surface area (Å²) in [6.45, 7) is 0. The Bertz CT molecular complexity index is 2340. The Morgan fingerprint density at radius 3 is 1.61 bits per heavy atom. The lowest BCUT2D eigenvalue weighted by Crippen LogP contribution is -2.28. The molecule has 0 spiro atoms. The number of nitrogens with zero attached hydrogens (tertiary/aromatic N) is 1. The third-order valence-electron chi connectivity index (χ3n) is 9.66. The largest absolute Gasteiger partial charge is 0.508 e. The number of hydrogen-bond acceptors (Lipinski definition) is 2. The van der Waals surface area contributed by atoms with Crippen LogP contribution in [0.3, 0.4) is 0 Å². The van der Waals surface area contributed by atoms with Crippen molar-refractivity contribution in [2.75, 3.05) is 0 Å². The summed E-state index contributed by atoms with van der Waals surface area (Å²) in [4.78, 5) is 0. The van der Waals surface area contributed by atoms with E-state index in [0.717, 1.165) is 27.9 Å². The van der Waals surface area contributed by atoms with E-state index < -0.39 is 5.41 Å². The fourth-order valence-corrected chi connectivity index (χ4v) is 7.70. The summed E-state index contributed by atoms with van der Waals surface area (Å²) in [7, 11) is 0. The number of phenolic OH excluding ortho intramolecular Hbond substituents is 2. The summed E-state index contributed by atoms with van der Waals surface area (Å²) >= 11 is 0. The number of benzene rings is 7. The van der Waals surface area contributed by atoms with E-state index in [9.17, 15) is 10.2 Å². The van der Waals surface area contributed by atoms with E-state index in [1.165, 1.54) is 44.1 Å². The number of rotatable bonds is 4. The van der Waals surface area contributed by atoms with E-state index >= 15 is 0 Å². The second-order valence-electron chi connectivity index (χ2n) is 12.1. The summed E-state index contributed by atoms with van der Waals surface area (Å²) in [5, 5.41) is 23.0. The van der Waals surface area contributed by atoms with Crippen LogP contribution in [0.4, 0.5) is 0 Å². The van der Waals surface area contributed by atoms with Crippen LogP contribution < -0.4 is 0 Å². The molecule has 0 aliphatic heterocycles. The normalized spacial score (nSPS) is 13.1. The fraction of sp³-hybridized carbons (Fsp3) is 0.0233. The van der Waals surface area contributed by atoms with Crippen molar-refractivity contribution in [1.82, 2.24) is 4.57 Å². The maximum atomic E-state index is 10.3. The molecule has 0 bridgehead atoms. The Kier molecular flexibility index (Phi) is 5.72. The lowest BCUT2D eigenvalue weighted by atomic mass is 9.67. The van der Waals surface area contributed by atoms with Gasteiger partial charge in [-0.15, -0.1) is 0 Å². The van der Waals surface area contributed by atoms with Crippen LogP contribution in [0, 0.1) is 0 Å². The van der Waals surface area contributed by atoms with Crippen molar-refractivity contribution in [3.63, 3.8) is 0 Å². The first-order valence-electron chi connectivity index (χ1n) is 15.6. The van der Waals surface area contributed by atoms with Gasteiger partial charge in [0.2, 0.25) is 0 Å². The molecule has 1 heterocycles. The quantitative estimate of drug-likeness (QED) is 0.214. The van der Waals surface area contributed by atoms with Gasteiger partial charge in [-0.3, -0.25) is 0 Å². The molecule has 0 fully saturated rings. The number of para-hydroxylation sites is 2. The molecule has 0 unspecified atom stereocenters. The van der Waals surface area contributed by atoms with Crippen LogP contribution in [0.15, 0.2) is 164 Å². The molecule has 3 nitrogen and oxygen atoms in total. The standard InChI is InChI=1S/C43H29NO2/c45-33-21-17-30(18-22-33)43(31-19-23-34(46)24-20-31)39-13-4-1-10-35(39)36-25-16-29(27-40(36)43)28-8-7-9-32(26-28)44-41-14-5-2-11-37(41)38-12-3-6-15-42(38)44/h1-27,45-46H. The van der Waals surface area contributed by atoms with Gasteiger partial charge in [0.1, 0.15) is 11.5 Å². The molecule has 7 aromatic carbocycles. The minimum Gasteiger partial charge on any atom is -0.508 e. The van der Waals surface area contributed by atoms with E-state index in [4.69, 9.17) is 0 Å². The van der Waals surface area contributed by atoms with Crippen molar-refractivity contribution in [1.29, 1.82) is 0 Å². The summed E-state index contributed by atoms with van der Waals surface area (Å²) < 4.78 is 2.36. The van der Waals surface area contributed by atoms with Crippen molar-refractivity contribution in [3.8, 4) is 39.4 Å². The van der Waals surface area contributed by atoms with Crippen LogP contribution in [-0.4, -0.2) is 14.8 Å². The van der Waals surface area contributed by atoms with Gasteiger partial charge < -0.3 is 14.8 Å². The highest BCUT2D eigenvalue weighted by atomic mass is 16.3. The molecular weight excluding hydrogens is 562 g/mol. The monoisotopic (exact) mass is 591 g/mol. The van der Waals surface area contributed by atoms with Gasteiger partial charge >= 0.3 is 0 Å². The molecule has 9 rings (SSSR count). The minimum atomic E-state index is -0.645. The number of phenols is 2. The Morgan fingerprint density at radius 2 is 0.957 bits per heavy atom. The van der Waals surface area contributed by atoms with E-state index in [0.29, 0.717) is 0 Å². The molecular formula is C43H29NO2. The molecule has 218 valence electrons. The first kappa shape index (κ1) is 26.4. The average molecular weight is 592 g/mol. The van der Waals surface area contributed by atoms with E-state index in [1.807, 2.05) is 24.3 Å². The lowest BCUT2D eigenvalue weighted by Gasteiger charge is -2.34. The number of aromatic nitrogens is 1. The molecule has 0 amide bonds. The first-order chi connectivity index (χ1) is 22.6. The van der Waals surface area contributed by atoms with Crippen molar-refractivity contribution < 1.29 is 10.2 Å². The number of aromatic hydroxyl groups is 2. The highest BCUT2D eigenvalue weighted by Crippen LogP contribution is 2.57. The molecule has 0 saturated heterocycles. The van der Waals surface area contributed by atoms with Gasteiger partial charge in [0.05, 0.1) is 16.4 Å². The van der Waals surface area contributed by atoms with Gasteiger partial charge in [-0.25, -0.2) is 0 Å². The Balaban J connectivity index is 1.29. The summed E-state index contributed by atoms with van der Waals surface area (Å²) in [6.07, 6.45) is 0. The second-order valence-corrected chi connectivity index (χ2v) is 12.1.